The molecule has 4 nitrogen and oxygen atoms in total. The van der Waals surface area contributed by atoms with Gasteiger partial charge in [0.25, 0.3) is 6.43 Å². The molecule has 0 N–H and O–H groups in total. The van der Waals surface area contributed by atoms with Crippen LogP contribution in [0.15, 0.2) is 24.3 Å². The molecule has 7 heteroatoms. The smallest absolute Gasteiger partial charge is 0.282 e. The summed E-state index contributed by atoms with van der Waals surface area (Å²) in [4.78, 5) is 3.97. The summed E-state index contributed by atoms with van der Waals surface area (Å²) in [6.07, 6.45) is -2.66. The van der Waals surface area contributed by atoms with Gasteiger partial charge in [0.1, 0.15) is 10.8 Å². The van der Waals surface area contributed by atoms with E-state index in [0.717, 1.165) is 6.07 Å². The van der Waals surface area contributed by atoms with E-state index in [0.29, 0.717) is 5.82 Å². The van der Waals surface area contributed by atoms with Crippen molar-refractivity contribution in [2.75, 3.05) is 7.11 Å². The SMILES string of the molecule is COc1cc(C(F)F)nn1-c1cccc(Cl)n1. The molecule has 2 aromatic rings. The fourth-order valence-electron chi connectivity index (χ4n) is 1.31. The van der Waals surface area contributed by atoms with Crippen LogP contribution in [0.4, 0.5) is 8.78 Å². The van der Waals surface area contributed by atoms with E-state index in [2.05, 4.69) is 10.1 Å². The Morgan fingerprint density at radius 1 is 1.41 bits per heavy atom. The zero-order chi connectivity index (χ0) is 12.4. The number of alkyl halides is 2. The minimum atomic E-state index is -2.66. The van der Waals surface area contributed by atoms with E-state index < -0.39 is 6.43 Å². The molecule has 0 atom stereocenters. The molecule has 0 bridgehead atoms. The predicted octanol–water partition coefficient (Wildman–Crippen LogP) is 2.87. The summed E-state index contributed by atoms with van der Waals surface area (Å²) in [5.74, 6) is 0.497. The van der Waals surface area contributed by atoms with Crippen molar-refractivity contribution in [2.24, 2.45) is 0 Å². The summed E-state index contributed by atoms with van der Waals surface area (Å²) in [7, 11) is 1.37. The van der Waals surface area contributed by atoms with E-state index in [4.69, 9.17) is 16.3 Å². The molecular weight excluding hydrogens is 252 g/mol. The number of pyridine rings is 1. The number of ether oxygens (including phenoxy) is 1. The largest absolute Gasteiger partial charge is 0.481 e. The first-order valence-corrected chi connectivity index (χ1v) is 5.04. The maximum Gasteiger partial charge on any atom is 0.282 e. The highest BCUT2D eigenvalue weighted by atomic mass is 35.5. The standard InChI is InChI=1S/C10H8ClF2N3O/c1-17-9-5-6(10(12)13)15-16(9)8-4-2-3-7(11)14-8/h2-5,10H,1H3. The predicted molar refractivity (Wildman–Crippen MR) is 57.9 cm³/mol. The van der Waals surface area contributed by atoms with E-state index in [1.807, 2.05) is 0 Å². The second-order valence-corrected chi connectivity index (χ2v) is 3.53. The van der Waals surface area contributed by atoms with Gasteiger partial charge in [0.05, 0.1) is 7.11 Å². The topological polar surface area (TPSA) is 39.9 Å². The molecule has 0 aromatic carbocycles. The first kappa shape index (κ1) is 11.8. The van der Waals surface area contributed by atoms with Crippen LogP contribution in [0.1, 0.15) is 12.1 Å². The van der Waals surface area contributed by atoms with Crippen LogP contribution < -0.4 is 4.74 Å². The second-order valence-electron chi connectivity index (χ2n) is 3.14. The van der Waals surface area contributed by atoms with Crippen molar-refractivity contribution in [2.45, 2.75) is 6.43 Å². The van der Waals surface area contributed by atoms with Crippen molar-refractivity contribution in [3.8, 4) is 11.7 Å². The Bertz CT molecular complexity index is 530. The van der Waals surface area contributed by atoms with Gasteiger partial charge >= 0.3 is 0 Å². The van der Waals surface area contributed by atoms with E-state index in [9.17, 15) is 8.78 Å². The lowest BCUT2D eigenvalue weighted by Crippen LogP contribution is -2.02. The third-order valence-corrected chi connectivity index (χ3v) is 2.26. The van der Waals surface area contributed by atoms with Crippen molar-refractivity contribution in [3.05, 3.63) is 35.1 Å². The molecule has 0 spiro atoms. The van der Waals surface area contributed by atoms with E-state index in [1.165, 1.54) is 11.8 Å². The van der Waals surface area contributed by atoms with Crippen LogP contribution in [0.5, 0.6) is 5.88 Å². The summed E-state index contributed by atoms with van der Waals surface area (Å²) < 4.78 is 31.2. The molecule has 0 fully saturated rings. The Morgan fingerprint density at radius 3 is 2.76 bits per heavy atom. The quantitative estimate of drug-likeness (QED) is 0.796. The van der Waals surface area contributed by atoms with Crippen molar-refractivity contribution in [1.82, 2.24) is 14.8 Å². The Labute approximate surface area is 101 Å². The second kappa shape index (κ2) is 4.67. The first-order valence-electron chi connectivity index (χ1n) is 4.67. The highest BCUT2D eigenvalue weighted by Crippen LogP contribution is 2.24. The maximum absolute atomic E-state index is 12.5. The lowest BCUT2D eigenvalue weighted by Gasteiger charge is -2.04. The first-order chi connectivity index (χ1) is 8.11. The summed E-state index contributed by atoms with van der Waals surface area (Å²) in [5, 5.41) is 3.96. The van der Waals surface area contributed by atoms with Crippen molar-refractivity contribution >= 4 is 11.6 Å². The molecule has 0 saturated carbocycles. The lowest BCUT2D eigenvalue weighted by atomic mass is 10.4. The number of aromatic nitrogens is 3. The van der Waals surface area contributed by atoms with Gasteiger partial charge in [0.15, 0.2) is 5.82 Å². The summed E-state index contributed by atoms with van der Waals surface area (Å²) in [6.45, 7) is 0. The van der Waals surface area contributed by atoms with Crippen molar-refractivity contribution in [1.29, 1.82) is 0 Å². The molecule has 2 heterocycles. The molecule has 0 unspecified atom stereocenters. The van der Waals surface area contributed by atoms with Crippen LogP contribution in [-0.2, 0) is 0 Å². The summed E-state index contributed by atoms with van der Waals surface area (Å²) >= 11 is 5.72. The van der Waals surface area contributed by atoms with Gasteiger partial charge in [-0.25, -0.2) is 13.8 Å². The average molecular weight is 260 g/mol. The average Bonchev–Trinajstić information content (AvgIpc) is 2.73. The molecule has 2 aromatic heterocycles. The monoisotopic (exact) mass is 259 g/mol. The fourth-order valence-corrected chi connectivity index (χ4v) is 1.47. The summed E-state index contributed by atoms with van der Waals surface area (Å²) in [5.41, 5.74) is -0.372. The Hall–Kier alpha value is -1.69. The van der Waals surface area contributed by atoms with Crippen LogP contribution in [-0.4, -0.2) is 21.9 Å². The molecule has 17 heavy (non-hydrogen) atoms. The van der Waals surface area contributed by atoms with Crippen LogP contribution in [0, 0.1) is 0 Å². The number of rotatable bonds is 3. The number of halogens is 3. The molecule has 0 aliphatic heterocycles. The van der Waals surface area contributed by atoms with Crippen LogP contribution in [0.2, 0.25) is 5.15 Å². The third kappa shape index (κ3) is 2.36. The maximum atomic E-state index is 12.5. The molecule has 0 radical (unpaired) electrons. The molecule has 2 rings (SSSR count). The molecule has 0 aliphatic rings. The highest BCUT2D eigenvalue weighted by Gasteiger charge is 2.17. The number of methoxy groups -OCH3 is 1. The Kier molecular flexibility index (Phi) is 3.23. The molecule has 0 aliphatic carbocycles. The molecule has 90 valence electrons. The van der Waals surface area contributed by atoms with Crippen molar-refractivity contribution in [3.63, 3.8) is 0 Å². The van der Waals surface area contributed by atoms with Gasteiger partial charge in [-0.1, -0.05) is 17.7 Å². The minimum absolute atomic E-state index is 0.176. The van der Waals surface area contributed by atoms with E-state index >= 15 is 0 Å². The lowest BCUT2D eigenvalue weighted by molar-refractivity contribution is 0.145. The highest BCUT2D eigenvalue weighted by molar-refractivity contribution is 6.29. The van der Waals surface area contributed by atoms with Gasteiger partial charge in [-0.15, -0.1) is 0 Å². The minimum Gasteiger partial charge on any atom is -0.481 e. The van der Waals surface area contributed by atoms with Gasteiger partial charge in [0, 0.05) is 6.07 Å². The van der Waals surface area contributed by atoms with Crippen LogP contribution >= 0.6 is 11.6 Å². The Balaban J connectivity index is 2.50. The summed E-state index contributed by atoms with van der Waals surface area (Å²) in [6, 6.07) is 5.98. The Morgan fingerprint density at radius 2 is 2.18 bits per heavy atom. The van der Waals surface area contributed by atoms with Gasteiger partial charge in [0.2, 0.25) is 5.88 Å². The van der Waals surface area contributed by atoms with E-state index in [1.54, 1.807) is 18.2 Å². The normalized spacial score (nSPS) is 10.9. The van der Waals surface area contributed by atoms with Crippen LogP contribution in [0.3, 0.4) is 0 Å². The van der Waals surface area contributed by atoms with Gasteiger partial charge < -0.3 is 4.74 Å². The molecule has 0 saturated heterocycles. The molecule has 0 amide bonds. The zero-order valence-corrected chi connectivity index (χ0v) is 9.53. The van der Waals surface area contributed by atoms with E-state index in [-0.39, 0.29) is 16.7 Å². The number of nitrogens with zero attached hydrogens (tertiary/aromatic N) is 3. The number of hydrogen-bond acceptors (Lipinski definition) is 3. The van der Waals surface area contributed by atoms with Gasteiger partial charge in [-0.2, -0.15) is 9.78 Å². The third-order valence-electron chi connectivity index (χ3n) is 2.05. The zero-order valence-electron chi connectivity index (χ0n) is 8.77. The molecular formula is C10H8ClF2N3O. The number of hydrogen-bond donors (Lipinski definition) is 0. The fraction of sp³-hybridized carbons (Fsp3) is 0.200. The van der Waals surface area contributed by atoms with Crippen LogP contribution in [0.25, 0.3) is 5.82 Å². The van der Waals surface area contributed by atoms with Crippen molar-refractivity contribution < 1.29 is 13.5 Å². The van der Waals surface area contributed by atoms with Gasteiger partial charge in [-0.3, -0.25) is 0 Å². The van der Waals surface area contributed by atoms with Gasteiger partial charge in [-0.05, 0) is 12.1 Å².